The number of carbonyl (C=O) groups is 1. The van der Waals surface area contributed by atoms with Crippen molar-refractivity contribution in [1.29, 1.82) is 0 Å². The summed E-state index contributed by atoms with van der Waals surface area (Å²) in [6.45, 7) is 2.89. The second-order valence-electron chi connectivity index (χ2n) is 6.53. The molecule has 9 heteroatoms. The molecule has 1 aliphatic rings. The van der Waals surface area contributed by atoms with Gasteiger partial charge in [0.25, 0.3) is 0 Å². The first-order chi connectivity index (χ1) is 12.0. The lowest BCUT2D eigenvalue weighted by Crippen LogP contribution is -2.14. The Kier molecular flexibility index (Phi) is 7.23. The molecule has 0 spiro atoms. The first-order valence-electron chi connectivity index (χ1n) is 7.56. The molecule has 1 aromatic carbocycles. The molecule has 1 aromatic rings. The molecule has 2 atom stereocenters. The zero-order valence-corrected chi connectivity index (χ0v) is 19.5. The van der Waals surface area contributed by atoms with Gasteiger partial charge in [0.1, 0.15) is 12.4 Å². The Balaban J connectivity index is 2.18. The molecular weight excluding hydrogens is 596 g/mol. The van der Waals surface area contributed by atoms with Gasteiger partial charge in [-0.25, -0.2) is 13.2 Å². The number of esters is 1. The predicted octanol–water partition coefficient (Wildman–Crippen LogP) is 5.80. The number of ether oxygens (including phenoxy) is 2. The van der Waals surface area contributed by atoms with Crippen molar-refractivity contribution in [2.45, 2.75) is 27.1 Å². The summed E-state index contributed by atoms with van der Waals surface area (Å²) in [6.07, 6.45) is 1.84. The van der Waals surface area contributed by atoms with E-state index in [1.807, 2.05) is 19.9 Å². The van der Waals surface area contributed by atoms with Crippen LogP contribution < -0.4 is 0 Å². The van der Waals surface area contributed by atoms with Gasteiger partial charge in [-0.15, -0.1) is 0 Å². The van der Waals surface area contributed by atoms with Crippen LogP contribution in [0.2, 0.25) is 0 Å². The minimum absolute atomic E-state index is 0.0507. The number of hydrogen-bond acceptors (Lipinski definition) is 3. The van der Waals surface area contributed by atoms with Crippen LogP contribution in [-0.2, 0) is 27.5 Å². The molecule has 0 amide bonds. The molecule has 0 saturated heterocycles. The summed E-state index contributed by atoms with van der Waals surface area (Å²) in [6, 6.07) is 0. The van der Waals surface area contributed by atoms with E-state index in [2.05, 4.69) is 31.9 Å². The molecule has 26 heavy (non-hydrogen) atoms. The number of halogens is 6. The standard InChI is InChI=1S/C17H16Br2F3IO3/c1-17(2)9(4-10(18)19)11(17)16(24)26-6-8-13(21)12(20)7(5-25-3)14(22)15(8)23/h4,9,11H,5-6H2,1-3H3/t9-,11-/m0/s1. The van der Waals surface area contributed by atoms with Crippen molar-refractivity contribution in [3.8, 4) is 0 Å². The quantitative estimate of drug-likeness (QED) is 0.232. The fraction of sp³-hybridized carbons (Fsp3) is 0.471. The molecule has 0 unspecified atom stereocenters. The van der Waals surface area contributed by atoms with E-state index in [4.69, 9.17) is 9.47 Å². The molecule has 0 aromatic heterocycles. The highest BCUT2D eigenvalue weighted by atomic mass is 127. The van der Waals surface area contributed by atoms with Crippen LogP contribution in [0.3, 0.4) is 0 Å². The van der Waals surface area contributed by atoms with Crippen LogP contribution >= 0.6 is 54.5 Å². The van der Waals surface area contributed by atoms with Gasteiger partial charge in [0.15, 0.2) is 11.6 Å². The normalized spacial score (nSPS) is 20.7. The summed E-state index contributed by atoms with van der Waals surface area (Å²) < 4.78 is 53.0. The lowest BCUT2D eigenvalue weighted by molar-refractivity contribution is -0.147. The van der Waals surface area contributed by atoms with Crippen LogP contribution in [0.25, 0.3) is 0 Å². The molecule has 0 bridgehead atoms. The number of methoxy groups -OCH3 is 1. The van der Waals surface area contributed by atoms with Gasteiger partial charge in [-0.05, 0) is 65.8 Å². The lowest BCUT2D eigenvalue weighted by Gasteiger charge is -2.13. The summed E-state index contributed by atoms with van der Waals surface area (Å²) in [5, 5.41) is 0. The van der Waals surface area contributed by atoms with E-state index >= 15 is 0 Å². The first kappa shape index (κ1) is 22.2. The molecule has 2 rings (SSSR count). The summed E-state index contributed by atoms with van der Waals surface area (Å²) in [5.41, 5.74) is -1.12. The number of allylic oxidation sites excluding steroid dienone is 1. The Hall–Kier alpha value is -0.130. The van der Waals surface area contributed by atoms with E-state index < -0.39 is 48.1 Å². The minimum Gasteiger partial charge on any atom is -0.460 e. The maximum absolute atomic E-state index is 14.3. The molecule has 144 valence electrons. The number of carbonyl (C=O) groups excluding carboxylic acids is 1. The van der Waals surface area contributed by atoms with Crippen molar-refractivity contribution in [3.05, 3.63) is 41.6 Å². The summed E-state index contributed by atoms with van der Waals surface area (Å²) in [5.74, 6) is -4.46. The molecule has 1 aliphatic carbocycles. The third kappa shape index (κ3) is 4.30. The Morgan fingerprint density at radius 1 is 1.15 bits per heavy atom. The summed E-state index contributed by atoms with van der Waals surface area (Å²) in [4.78, 5) is 12.3. The van der Waals surface area contributed by atoms with E-state index in [0.29, 0.717) is 0 Å². The van der Waals surface area contributed by atoms with E-state index in [1.165, 1.54) is 7.11 Å². The van der Waals surface area contributed by atoms with Gasteiger partial charge in [0.2, 0.25) is 0 Å². The first-order valence-corrected chi connectivity index (χ1v) is 10.2. The maximum Gasteiger partial charge on any atom is 0.310 e. The van der Waals surface area contributed by atoms with E-state index in [1.54, 1.807) is 22.6 Å². The molecule has 3 nitrogen and oxygen atoms in total. The van der Waals surface area contributed by atoms with Crippen LogP contribution in [0.5, 0.6) is 0 Å². The Morgan fingerprint density at radius 3 is 2.27 bits per heavy atom. The van der Waals surface area contributed by atoms with Crippen LogP contribution in [0.15, 0.2) is 9.47 Å². The Labute approximate surface area is 180 Å². The summed E-state index contributed by atoms with van der Waals surface area (Å²) >= 11 is 8.08. The monoisotopic (exact) mass is 610 g/mol. The fourth-order valence-electron chi connectivity index (χ4n) is 2.93. The molecule has 0 heterocycles. The summed E-state index contributed by atoms with van der Waals surface area (Å²) in [7, 11) is 1.26. The highest BCUT2D eigenvalue weighted by molar-refractivity contribution is 14.1. The van der Waals surface area contributed by atoms with Gasteiger partial charge < -0.3 is 9.47 Å². The van der Waals surface area contributed by atoms with Gasteiger partial charge in [0, 0.05) is 12.7 Å². The fourth-order valence-corrected chi connectivity index (χ4v) is 4.22. The average Bonchev–Trinajstić information content (AvgIpc) is 3.09. The van der Waals surface area contributed by atoms with E-state index in [-0.39, 0.29) is 20.5 Å². The van der Waals surface area contributed by atoms with Crippen LogP contribution in [0.1, 0.15) is 25.0 Å². The number of benzene rings is 1. The zero-order chi connectivity index (χ0) is 19.8. The second kappa shape index (κ2) is 8.48. The van der Waals surface area contributed by atoms with Gasteiger partial charge in [0.05, 0.1) is 25.1 Å². The van der Waals surface area contributed by atoms with Gasteiger partial charge >= 0.3 is 5.97 Å². The molecule has 0 aliphatic heterocycles. The van der Waals surface area contributed by atoms with Crippen molar-refractivity contribution >= 4 is 60.4 Å². The molecule has 1 saturated carbocycles. The van der Waals surface area contributed by atoms with Gasteiger partial charge in [-0.2, -0.15) is 0 Å². The van der Waals surface area contributed by atoms with Crippen molar-refractivity contribution in [1.82, 2.24) is 0 Å². The van der Waals surface area contributed by atoms with Crippen molar-refractivity contribution < 1.29 is 27.4 Å². The molecule has 1 fully saturated rings. The molecule has 0 radical (unpaired) electrons. The second-order valence-corrected chi connectivity index (χ2v) is 10.4. The Morgan fingerprint density at radius 2 is 1.73 bits per heavy atom. The van der Waals surface area contributed by atoms with Crippen molar-refractivity contribution in [2.24, 2.45) is 17.3 Å². The molecule has 0 N–H and O–H groups in total. The zero-order valence-electron chi connectivity index (χ0n) is 14.1. The highest BCUT2D eigenvalue weighted by Gasteiger charge is 2.61. The van der Waals surface area contributed by atoms with Crippen molar-refractivity contribution in [3.63, 3.8) is 0 Å². The topological polar surface area (TPSA) is 35.5 Å². The van der Waals surface area contributed by atoms with Crippen LogP contribution in [-0.4, -0.2) is 13.1 Å². The van der Waals surface area contributed by atoms with Crippen LogP contribution in [0, 0.1) is 38.3 Å². The SMILES string of the molecule is COCc1c(F)c(F)c(COC(=O)[C@@H]2[C@H](C=C(Br)Br)C2(C)C)c(I)c1F. The smallest absolute Gasteiger partial charge is 0.310 e. The number of hydrogen-bond donors (Lipinski definition) is 0. The van der Waals surface area contributed by atoms with Gasteiger partial charge in [-0.3, -0.25) is 4.79 Å². The number of rotatable bonds is 6. The van der Waals surface area contributed by atoms with Crippen LogP contribution in [0.4, 0.5) is 13.2 Å². The minimum atomic E-state index is -1.33. The lowest BCUT2D eigenvalue weighted by atomic mass is 10.1. The highest BCUT2D eigenvalue weighted by Crippen LogP contribution is 2.60. The third-order valence-corrected chi connectivity index (χ3v) is 6.22. The third-order valence-electron chi connectivity index (χ3n) is 4.56. The van der Waals surface area contributed by atoms with Crippen molar-refractivity contribution in [2.75, 3.05) is 7.11 Å². The average molecular weight is 612 g/mol. The van der Waals surface area contributed by atoms with Gasteiger partial charge in [-0.1, -0.05) is 19.9 Å². The van der Waals surface area contributed by atoms with E-state index in [0.717, 1.165) is 3.39 Å². The Bertz CT molecular complexity index is 735. The molecular formula is C17H16Br2F3IO3. The van der Waals surface area contributed by atoms with E-state index in [9.17, 15) is 18.0 Å². The predicted molar refractivity (Wildman–Crippen MR) is 106 cm³/mol. The maximum atomic E-state index is 14.3. The largest absolute Gasteiger partial charge is 0.460 e.